The first-order chi connectivity index (χ1) is 11.2. The van der Waals surface area contributed by atoms with Gasteiger partial charge in [-0.15, -0.1) is 11.3 Å². The molecule has 2 aromatic rings. The Balaban J connectivity index is 2.05. The van der Waals surface area contributed by atoms with Gasteiger partial charge in [0.2, 0.25) is 9.84 Å². The van der Waals surface area contributed by atoms with Crippen molar-refractivity contribution in [2.75, 3.05) is 13.1 Å². The van der Waals surface area contributed by atoms with Gasteiger partial charge in [0.25, 0.3) is 10.0 Å². The highest BCUT2D eigenvalue weighted by Gasteiger charge is 2.33. The first-order valence-electron chi connectivity index (χ1n) is 7.33. The Bertz CT molecular complexity index is 957. The van der Waals surface area contributed by atoms with Gasteiger partial charge >= 0.3 is 0 Å². The number of thiophene rings is 1. The van der Waals surface area contributed by atoms with E-state index in [4.69, 9.17) is 11.6 Å². The lowest BCUT2D eigenvalue weighted by molar-refractivity contribution is 0.479. The zero-order valence-corrected chi connectivity index (χ0v) is 16.1. The van der Waals surface area contributed by atoms with Crippen molar-refractivity contribution in [2.45, 2.75) is 33.8 Å². The third kappa shape index (κ3) is 3.01. The molecule has 3 rings (SSSR count). The molecule has 0 spiro atoms. The molecule has 130 valence electrons. The van der Waals surface area contributed by atoms with E-state index in [1.165, 1.54) is 34.0 Å². The van der Waals surface area contributed by atoms with Gasteiger partial charge in [0, 0.05) is 23.5 Å². The van der Waals surface area contributed by atoms with E-state index in [1.54, 1.807) is 6.92 Å². The molecule has 2 heterocycles. The van der Waals surface area contributed by atoms with E-state index < -0.39 is 19.9 Å². The van der Waals surface area contributed by atoms with Crippen molar-refractivity contribution in [3.8, 4) is 0 Å². The van der Waals surface area contributed by atoms with Crippen molar-refractivity contribution < 1.29 is 16.8 Å². The van der Waals surface area contributed by atoms with E-state index in [9.17, 15) is 16.8 Å². The molecule has 0 bridgehead atoms. The number of sulfonamides is 1. The van der Waals surface area contributed by atoms with Gasteiger partial charge in [0.05, 0.1) is 9.79 Å². The smallest absolute Gasteiger partial charge is 0.218 e. The summed E-state index contributed by atoms with van der Waals surface area (Å²) in [4.78, 5) is 0.130. The molecule has 1 aliphatic rings. The minimum Gasteiger partial charge on any atom is -0.218 e. The Morgan fingerprint density at radius 1 is 1.04 bits per heavy atom. The summed E-state index contributed by atoms with van der Waals surface area (Å²) in [5, 5.41) is 1.84. The third-order valence-corrected chi connectivity index (χ3v) is 9.91. The first-order valence-corrected chi connectivity index (χ1v) is 11.5. The quantitative estimate of drug-likeness (QED) is 0.782. The van der Waals surface area contributed by atoms with Crippen molar-refractivity contribution in [2.24, 2.45) is 0 Å². The number of sulfone groups is 1. The SMILES string of the molecule is Cc1c(S(=O)(=O)c2ccc(Cl)cc2)csc1S(=O)(=O)N1CCCC1. The lowest BCUT2D eigenvalue weighted by Gasteiger charge is -2.14. The van der Waals surface area contributed by atoms with Crippen molar-refractivity contribution in [3.05, 3.63) is 40.2 Å². The van der Waals surface area contributed by atoms with Crippen LogP contribution in [0, 0.1) is 6.92 Å². The Hall–Kier alpha value is -0.930. The van der Waals surface area contributed by atoms with Gasteiger partial charge in [-0.2, -0.15) is 4.31 Å². The van der Waals surface area contributed by atoms with Crippen LogP contribution in [0.15, 0.2) is 43.6 Å². The molecule has 24 heavy (non-hydrogen) atoms. The van der Waals surface area contributed by atoms with Crippen LogP contribution in [0.5, 0.6) is 0 Å². The zero-order chi connectivity index (χ0) is 17.5. The fraction of sp³-hybridized carbons (Fsp3) is 0.333. The third-order valence-electron chi connectivity index (χ3n) is 4.00. The summed E-state index contributed by atoms with van der Waals surface area (Å²) in [5.74, 6) is 0. The zero-order valence-electron chi connectivity index (χ0n) is 12.9. The second-order valence-corrected chi connectivity index (χ2v) is 10.9. The Kier molecular flexibility index (Phi) is 4.78. The summed E-state index contributed by atoms with van der Waals surface area (Å²) in [6.07, 6.45) is 1.67. The molecule has 0 unspecified atom stereocenters. The average Bonchev–Trinajstić information content (AvgIpc) is 3.17. The highest BCUT2D eigenvalue weighted by molar-refractivity contribution is 7.92. The van der Waals surface area contributed by atoms with Crippen LogP contribution in [0.3, 0.4) is 0 Å². The summed E-state index contributed by atoms with van der Waals surface area (Å²) in [6, 6.07) is 5.84. The molecule has 5 nitrogen and oxygen atoms in total. The van der Waals surface area contributed by atoms with Gasteiger partial charge in [0.1, 0.15) is 4.21 Å². The van der Waals surface area contributed by atoms with Crippen molar-refractivity contribution in [3.63, 3.8) is 0 Å². The molecular weight excluding hydrogens is 390 g/mol. The van der Waals surface area contributed by atoms with Gasteiger partial charge in [-0.05, 0) is 49.6 Å². The molecule has 9 heteroatoms. The highest BCUT2D eigenvalue weighted by atomic mass is 35.5. The monoisotopic (exact) mass is 405 g/mol. The minimum atomic E-state index is -3.78. The van der Waals surface area contributed by atoms with Crippen LogP contribution in [-0.2, 0) is 19.9 Å². The summed E-state index contributed by atoms with van der Waals surface area (Å²) in [6.45, 7) is 2.51. The van der Waals surface area contributed by atoms with Gasteiger partial charge in [-0.3, -0.25) is 0 Å². The van der Waals surface area contributed by atoms with Crippen molar-refractivity contribution in [1.29, 1.82) is 0 Å². The lowest BCUT2D eigenvalue weighted by Crippen LogP contribution is -2.27. The topological polar surface area (TPSA) is 71.5 Å². The van der Waals surface area contributed by atoms with E-state index in [1.807, 2.05) is 0 Å². The molecule has 1 aromatic carbocycles. The first kappa shape index (κ1) is 17.9. The molecule has 0 N–H and O–H groups in total. The summed E-state index contributed by atoms with van der Waals surface area (Å²) in [5.41, 5.74) is 0.279. The maximum atomic E-state index is 12.8. The summed E-state index contributed by atoms with van der Waals surface area (Å²) < 4.78 is 52.5. The van der Waals surface area contributed by atoms with E-state index in [0.717, 1.165) is 24.2 Å². The number of hydrogen-bond acceptors (Lipinski definition) is 5. The summed E-state index contributed by atoms with van der Waals surface area (Å²) >= 11 is 6.76. The summed E-state index contributed by atoms with van der Waals surface area (Å²) in [7, 11) is -7.41. The number of hydrogen-bond donors (Lipinski definition) is 0. The van der Waals surface area contributed by atoms with Crippen LogP contribution in [0.1, 0.15) is 18.4 Å². The molecule has 0 saturated carbocycles. The molecule has 1 aromatic heterocycles. The minimum absolute atomic E-state index is 0.0348. The molecular formula is C15H16ClNO4S3. The molecule has 0 aliphatic carbocycles. The Labute approximate surface area is 150 Å². The van der Waals surface area contributed by atoms with E-state index in [-0.39, 0.29) is 19.6 Å². The molecule has 0 radical (unpaired) electrons. The second-order valence-electron chi connectivity index (χ2n) is 5.58. The van der Waals surface area contributed by atoms with Gasteiger partial charge in [-0.25, -0.2) is 16.8 Å². The van der Waals surface area contributed by atoms with Gasteiger partial charge in [-0.1, -0.05) is 11.6 Å². The Morgan fingerprint density at radius 2 is 1.62 bits per heavy atom. The van der Waals surface area contributed by atoms with Gasteiger partial charge < -0.3 is 0 Å². The van der Waals surface area contributed by atoms with Crippen LogP contribution in [0.2, 0.25) is 5.02 Å². The average molecular weight is 406 g/mol. The fourth-order valence-electron chi connectivity index (χ4n) is 2.69. The van der Waals surface area contributed by atoms with Crippen LogP contribution in [0.4, 0.5) is 0 Å². The second kappa shape index (κ2) is 6.42. The highest BCUT2D eigenvalue weighted by Crippen LogP contribution is 2.35. The predicted octanol–water partition coefficient (Wildman–Crippen LogP) is 3.33. The predicted molar refractivity (Wildman–Crippen MR) is 94.0 cm³/mol. The molecule has 0 atom stereocenters. The van der Waals surface area contributed by atoms with Crippen LogP contribution < -0.4 is 0 Å². The maximum absolute atomic E-state index is 12.8. The van der Waals surface area contributed by atoms with Gasteiger partial charge in [0.15, 0.2) is 0 Å². The van der Waals surface area contributed by atoms with Crippen LogP contribution in [-0.4, -0.2) is 34.2 Å². The number of nitrogens with zero attached hydrogens (tertiary/aromatic N) is 1. The normalized spacial score (nSPS) is 16.6. The largest absolute Gasteiger partial charge is 0.252 e. The molecule has 0 amide bonds. The van der Waals surface area contributed by atoms with E-state index >= 15 is 0 Å². The van der Waals surface area contributed by atoms with Crippen molar-refractivity contribution >= 4 is 42.8 Å². The number of rotatable bonds is 4. The van der Waals surface area contributed by atoms with E-state index in [2.05, 4.69) is 0 Å². The van der Waals surface area contributed by atoms with Crippen LogP contribution in [0.25, 0.3) is 0 Å². The Morgan fingerprint density at radius 3 is 2.21 bits per heavy atom. The lowest BCUT2D eigenvalue weighted by atomic mass is 10.4. The maximum Gasteiger partial charge on any atom is 0.252 e. The van der Waals surface area contributed by atoms with Crippen LogP contribution >= 0.6 is 22.9 Å². The molecule has 1 aliphatic heterocycles. The molecule has 1 saturated heterocycles. The molecule has 1 fully saturated rings. The van der Waals surface area contributed by atoms with Crippen molar-refractivity contribution in [1.82, 2.24) is 4.31 Å². The van der Waals surface area contributed by atoms with E-state index in [0.29, 0.717) is 18.1 Å². The number of halogens is 1. The fourth-order valence-corrected chi connectivity index (χ4v) is 7.94. The number of benzene rings is 1. The standard InChI is InChI=1S/C15H16ClNO4S3/c1-11-14(23(18,19)13-6-4-12(16)5-7-13)10-22-15(11)24(20,21)17-8-2-3-9-17/h4-7,10H,2-3,8-9H2,1H3.